The predicted molar refractivity (Wildman–Crippen MR) is 138 cm³/mol. The Morgan fingerprint density at radius 2 is 2.09 bits per heavy atom. The van der Waals surface area contributed by atoms with Crippen LogP contribution in [0.4, 0.5) is 5.69 Å². The number of amidine groups is 1. The van der Waals surface area contributed by atoms with E-state index in [1.165, 1.54) is 6.20 Å². The fraction of sp³-hybridized carbons (Fsp3) is 0.333. The van der Waals surface area contributed by atoms with Crippen molar-refractivity contribution in [3.63, 3.8) is 0 Å². The van der Waals surface area contributed by atoms with Gasteiger partial charge in [0.2, 0.25) is 0 Å². The molecule has 3 aromatic rings. The topological polar surface area (TPSA) is 153 Å². The maximum Gasteiger partial charge on any atom is 0.162 e. The summed E-state index contributed by atoms with van der Waals surface area (Å²) in [6.45, 7) is 1.62. The van der Waals surface area contributed by atoms with Crippen LogP contribution in [0.1, 0.15) is 30.4 Å². The van der Waals surface area contributed by atoms with Gasteiger partial charge in [0.05, 0.1) is 34.7 Å². The Hall–Kier alpha value is -3.93. The van der Waals surface area contributed by atoms with Gasteiger partial charge in [-0.15, -0.1) is 0 Å². The minimum atomic E-state index is 0.0699. The molecule has 0 amide bonds. The molecule has 1 aliphatic rings. The van der Waals surface area contributed by atoms with Gasteiger partial charge in [0, 0.05) is 36.6 Å². The largest absolute Gasteiger partial charge is 0.372 e. The van der Waals surface area contributed by atoms with Crippen LogP contribution in [0, 0.1) is 33.5 Å². The number of pyridine rings is 1. The highest BCUT2D eigenvalue weighted by Crippen LogP contribution is 2.28. The number of nitrogens with zero attached hydrogens (tertiary/aromatic N) is 6. The standard InChI is InChI=1S/C24H26N10S/c1-29-17-4-2-3-9-33(15-17)24(28)35-23(27)19-14-31-21(11-20(19)30-8-7-25)22-6-5-18-10-16(12-26)13-32-34(18)22/h5-6,10-11,13-14,17,27-29H,2-4,8-9,15H2,1H3,(H,30,31). The number of nitriles is 2. The summed E-state index contributed by atoms with van der Waals surface area (Å²) >= 11 is 1.09. The number of thioether (sulfide) groups is 1. The summed E-state index contributed by atoms with van der Waals surface area (Å²) in [5, 5.41) is 46.8. The van der Waals surface area contributed by atoms with Gasteiger partial charge in [-0.25, -0.2) is 4.52 Å². The number of likely N-dealkylation sites (tertiary alicyclic amines) is 1. The van der Waals surface area contributed by atoms with Gasteiger partial charge in [-0.1, -0.05) is 6.42 Å². The highest BCUT2D eigenvalue weighted by molar-refractivity contribution is 8.26. The van der Waals surface area contributed by atoms with Crippen molar-refractivity contribution in [2.75, 3.05) is 32.0 Å². The van der Waals surface area contributed by atoms with E-state index in [2.05, 4.69) is 32.9 Å². The van der Waals surface area contributed by atoms with Gasteiger partial charge in [-0.2, -0.15) is 15.6 Å². The first-order valence-corrected chi connectivity index (χ1v) is 12.1. The van der Waals surface area contributed by atoms with Crippen LogP contribution in [0.2, 0.25) is 0 Å². The zero-order chi connectivity index (χ0) is 24.8. The van der Waals surface area contributed by atoms with E-state index in [1.54, 1.807) is 22.8 Å². The quantitative estimate of drug-likeness (QED) is 0.243. The summed E-state index contributed by atoms with van der Waals surface area (Å²) in [5.74, 6) is 0. The normalized spacial score (nSPS) is 15.7. The number of hydrogen-bond acceptors (Lipinski definition) is 9. The molecular weight excluding hydrogens is 460 g/mol. The van der Waals surface area contributed by atoms with Crippen molar-refractivity contribution in [2.45, 2.75) is 25.3 Å². The molecule has 4 heterocycles. The fourth-order valence-electron chi connectivity index (χ4n) is 4.09. The second-order valence-electron chi connectivity index (χ2n) is 8.20. The Labute approximate surface area is 208 Å². The molecule has 1 saturated heterocycles. The van der Waals surface area contributed by atoms with Crippen LogP contribution in [0.25, 0.3) is 16.9 Å². The van der Waals surface area contributed by atoms with E-state index in [1.807, 2.05) is 24.1 Å². The molecule has 0 bridgehead atoms. The molecule has 178 valence electrons. The Morgan fingerprint density at radius 3 is 2.86 bits per heavy atom. The summed E-state index contributed by atoms with van der Waals surface area (Å²) in [6, 6.07) is 11.8. The SMILES string of the molecule is CNC1CCCCN(C(=N)SC(=N)c2cnc(-c3ccc4cc(C#N)cnn34)cc2NCC#N)C1. The molecular formula is C24H26N10S. The highest BCUT2D eigenvalue weighted by atomic mass is 32.2. The second-order valence-corrected chi connectivity index (χ2v) is 9.20. The zero-order valence-corrected chi connectivity index (χ0v) is 20.2. The summed E-state index contributed by atoms with van der Waals surface area (Å²) in [6.07, 6.45) is 6.32. The smallest absolute Gasteiger partial charge is 0.162 e. The molecule has 0 aromatic carbocycles. The third-order valence-electron chi connectivity index (χ3n) is 5.96. The molecule has 0 radical (unpaired) electrons. The van der Waals surface area contributed by atoms with E-state index in [0.29, 0.717) is 33.7 Å². The summed E-state index contributed by atoms with van der Waals surface area (Å²) in [5.41, 5.74) is 3.70. The third kappa shape index (κ3) is 5.43. The Balaban J connectivity index is 1.59. The van der Waals surface area contributed by atoms with Crippen LogP contribution in [-0.2, 0) is 0 Å². The first kappa shape index (κ1) is 24.2. The highest BCUT2D eigenvalue weighted by Gasteiger charge is 2.22. The molecule has 1 fully saturated rings. The molecule has 4 N–H and O–H groups in total. The fourth-order valence-corrected chi connectivity index (χ4v) is 4.85. The lowest BCUT2D eigenvalue weighted by Crippen LogP contribution is -2.40. The molecule has 35 heavy (non-hydrogen) atoms. The van der Waals surface area contributed by atoms with Gasteiger partial charge in [0.25, 0.3) is 0 Å². The van der Waals surface area contributed by atoms with Gasteiger partial charge in [0.1, 0.15) is 17.7 Å². The number of nitrogens with one attached hydrogen (secondary N) is 4. The van der Waals surface area contributed by atoms with Crippen LogP contribution in [0.5, 0.6) is 0 Å². The monoisotopic (exact) mass is 486 g/mol. The Morgan fingerprint density at radius 1 is 1.23 bits per heavy atom. The van der Waals surface area contributed by atoms with Crippen molar-refractivity contribution in [1.29, 1.82) is 21.3 Å². The summed E-state index contributed by atoms with van der Waals surface area (Å²) < 4.78 is 1.70. The maximum atomic E-state index is 9.12. The number of hydrogen-bond donors (Lipinski definition) is 4. The minimum Gasteiger partial charge on any atom is -0.372 e. The number of anilines is 1. The molecule has 0 aliphatic carbocycles. The second kappa shape index (κ2) is 11.0. The molecule has 10 nitrogen and oxygen atoms in total. The van der Waals surface area contributed by atoms with E-state index in [9.17, 15) is 0 Å². The van der Waals surface area contributed by atoms with Crippen LogP contribution < -0.4 is 10.6 Å². The first-order chi connectivity index (χ1) is 17.0. The Kier molecular flexibility index (Phi) is 7.60. The number of likely N-dealkylation sites (N-methyl/N-ethyl adjacent to an activating group) is 1. The Bertz CT molecular complexity index is 1330. The number of rotatable bonds is 5. The van der Waals surface area contributed by atoms with Gasteiger partial charge < -0.3 is 15.5 Å². The third-order valence-corrected chi connectivity index (χ3v) is 6.84. The lowest BCUT2D eigenvalue weighted by Gasteiger charge is -2.26. The van der Waals surface area contributed by atoms with Gasteiger partial charge in [-0.3, -0.25) is 15.8 Å². The number of aromatic nitrogens is 3. The van der Waals surface area contributed by atoms with E-state index in [0.717, 1.165) is 55.3 Å². The van der Waals surface area contributed by atoms with E-state index < -0.39 is 0 Å². The van der Waals surface area contributed by atoms with Gasteiger partial charge in [-0.05, 0) is 55.9 Å². The van der Waals surface area contributed by atoms with E-state index in [4.69, 9.17) is 21.3 Å². The van der Waals surface area contributed by atoms with E-state index >= 15 is 0 Å². The van der Waals surface area contributed by atoms with Gasteiger partial charge >= 0.3 is 0 Å². The molecule has 1 atom stereocenters. The lowest BCUT2D eigenvalue weighted by atomic mass is 10.1. The van der Waals surface area contributed by atoms with Crippen molar-refractivity contribution >= 4 is 33.2 Å². The minimum absolute atomic E-state index is 0.0699. The van der Waals surface area contributed by atoms with Crippen LogP contribution >= 0.6 is 11.8 Å². The molecule has 0 saturated carbocycles. The van der Waals surface area contributed by atoms with Crippen molar-refractivity contribution in [3.8, 4) is 23.5 Å². The van der Waals surface area contributed by atoms with Crippen molar-refractivity contribution < 1.29 is 0 Å². The van der Waals surface area contributed by atoms with Crippen molar-refractivity contribution in [1.82, 2.24) is 24.8 Å². The van der Waals surface area contributed by atoms with E-state index in [-0.39, 0.29) is 11.6 Å². The van der Waals surface area contributed by atoms with Crippen molar-refractivity contribution in [2.24, 2.45) is 0 Å². The maximum absolute atomic E-state index is 9.12. The van der Waals surface area contributed by atoms with Crippen LogP contribution in [-0.4, -0.2) is 62.4 Å². The first-order valence-electron chi connectivity index (χ1n) is 11.3. The predicted octanol–water partition coefficient (Wildman–Crippen LogP) is 3.27. The van der Waals surface area contributed by atoms with Crippen LogP contribution in [0.3, 0.4) is 0 Å². The van der Waals surface area contributed by atoms with Gasteiger partial charge in [0.15, 0.2) is 5.17 Å². The summed E-state index contributed by atoms with van der Waals surface area (Å²) in [4.78, 5) is 6.59. The molecule has 1 aliphatic heterocycles. The average Bonchev–Trinajstić information content (AvgIpc) is 3.14. The molecule has 1 unspecified atom stereocenters. The summed E-state index contributed by atoms with van der Waals surface area (Å²) in [7, 11) is 1.94. The average molecular weight is 487 g/mol. The molecule has 4 rings (SSSR count). The molecule has 0 spiro atoms. The molecule has 11 heteroatoms. The van der Waals surface area contributed by atoms with Crippen LogP contribution in [0.15, 0.2) is 36.7 Å². The lowest BCUT2D eigenvalue weighted by molar-refractivity contribution is 0.391. The van der Waals surface area contributed by atoms with Crippen molar-refractivity contribution in [3.05, 3.63) is 47.8 Å². The number of fused-ring (bicyclic) bond motifs is 1. The molecule has 3 aromatic heterocycles. The zero-order valence-electron chi connectivity index (χ0n) is 19.4.